The summed E-state index contributed by atoms with van der Waals surface area (Å²) < 4.78 is 0. The topological polar surface area (TPSA) is 37.4 Å². The molecule has 2 rings (SSSR count). The van der Waals surface area contributed by atoms with Gasteiger partial charge in [-0.1, -0.05) is 43.7 Å². The highest BCUT2D eigenvalue weighted by Crippen LogP contribution is 2.21. The SMILES string of the molecule is CCCCCSCC#CCN1C(=O)c2ccccc2C1=O. The molecule has 0 atom stereocenters. The molecule has 0 bridgehead atoms. The lowest BCUT2D eigenvalue weighted by molar-refractivity contribution is 0.0675. The van der Waals surface area contributed by atoms with Crippen molar-refractivity contribution >= 4 is 23.6 Å². The largest absolute Gasteiger partial charge is 0.269 e. The molecule has 3 nitrogen and oxygen atoms in total. The van der Waals surface area contributed by atoms with Crippen molar-refractivity contribution in [1.29, 1.82) is 0 Å². The van der Waals surface area contributed by atoms with Crippen LogP contribution < -0.4 is 0 Å². The van der Waals surface area contributed by atoms with Crippen molar-refractivity contribution in [2.24, 2.45) is 0 Å². The van der Waals surface area contributed by atoms with Crippen molar-refractivity contribution in [3.8, 4) is 11.8 Å². The Balaban J connectivity index is 1.81. The lowest BCUT2D eigenvalue weighted by Crippen LogP contribution is -2.30. The number of rotatable bonds is 6. The van der Waals surface area contributed by atoms with Crippen molar-refractivity contribution < 1.29 is 9.59 Å². The van der Waals surface area contributed by atoms with Crippen LogP contribution in [0.15, 0.2) is 24.3 Å². The van der Waals surface area contributed by atoms with Crippen molar-refractivity contribution in [1.82, 2.24) is 4.90 Å². The maximum absolute atomic E-state index is 12.1. The molecule has 0 fully saturated rings. The molecule has 1 aromatic rings. The van der Waals surface area contributed by atoms with Gasteiger partial charge in [-0.25, -0.2) is 0 Å². The number of hydrogen-bond donors (Lipinski definition) is 0. The summed E-state index contributed by atoms with van der Waals surface area (Å²) in [4.78, 5) is 25.4. The number of carbonyl (C=O) groups excluding carboxylic acids is 2. The highest BCUT2D eigenvalue weighted by molar-refractivity contribution is 7.99. The maximum Gasteiger partial charge on any atom is 0.262 e. The summed E-state index contributed by atoms with van der Waals surface area (Å²) in [5, 5.41) is 0. The number of unbranched alkanes of at least 4 members (excludes halogenated alkanes) is 2. The van der Waals surface area contributed by atoms with Crippen LogP contribution in [-0.2, 0) is 0 Å². The van der Waals surface area contributed by atoms with Gasteiger partial charge in [0.2, 0.25) is 0 Å². The molecule has 0 saturated carbocycles. The molecule has 2 amide bonds. The first-order valence-electron chi connectivity index (χ1n) is 7.24. The Morgan fingerprint density at radius 1 is 1.05 bits per heavy atom. The second-order valence-electron chi connectivity index (χ2n) is 4.86. The van der Waals surface area contributed by atoms with E-state index in [4.69, 9.17) is 0 Å². The molecule has 0 radical (unpaired) electrons. The average molecular weight is 301 g/mol. The van der Waals surface area contributed by atoms with Gasteiger partial charge in [-0.3, -0.25) is 14.5 Å². The molecule has 4 heteroatoms. The number of amides is 2. The Kier molecular flexibility index (Phi) is 5.89. The molecule has 1 aliphatic heterocycles. The zero-order valence-electron chi connectivity index (χ0n) is 12.2. The Hall–Kier alpha value is -1.73. The van der Waals surface area contributed by atoms with E-state index in [9.17, 15) is 9.59 Å². The number of nitrogens with zero attached hydrogens (tertiary/aromatic N) is 1. The Bertz CT molecular complexity index is 551. The quantitative estimate of drug-likeness (QED) is 0.460. The number of fused-ring (bicyclic) bond motifs is 1. The Morgan fingerprint density at radius 3 is 2.33 bits per heavy atom. The summed E-state index contributed by atoms with van der Waals surface area (Å²) in [6.45, 7) is 2.37. The fraction of sp³-hybridized carbons (Fsp3) is 0.412. The monoisotopic (exact) mass is 301 g/mol. The summed E-state index contributed by atoms with van der Waals surface area (Å²) in [6.07, 6.45) is 3.71. The second-order valence-corrected chi connectivity index (χ2v) is 5.96. The Morgan fingerprint density at radius 2 is 1.71 bits per heavy atom. The number of hydrogen-bond acceptors (Lipinski definition) is 3. The van der Waals surface area contributed by atoms with Crippen LogP contribution in [0.2, 0.25) is 0 Å². The average Bonchev–Trinajstić information content (AvgIpc) is 2.75. The van der Waals surface area contributed by atoms with Crippen LogP contribution in [0.4, 0.5) is 0 Å². The van der Waals surface area contributed by atoms with Crippen molar-refractivity contribution in [2.45, 2.75) is 26.2 Å². The zero-order valence-corrected chi connectivity index (χ0v) is 13.0. The molecule has 21 heavy (non-hydrogen) atoms. The van der Waals surface area contributed by atoms with Crippen molar-refractivity contribution in [2.75, 3.05) is 18.1 Å². The van der Waals surface area contributed by atoms with E-state index in [2.05, 4.69) is 18.8 Å². The van der Waals surface area contributed by atoms with Crippen LogP contribution in [0.1, 0.15) is 46.9 Å². The van der Waals surface area contributed by atoms with E-state index in [1.807, 2.05) is 0 Å². The van der Waals surface area contributed by atoms with Crippen LogP contribution >= 0.6 is 11.8 Å². The van der Waals surface area contributed by atoms with Gasteiger partial charge in [-0.05, 0) is 24.3 Å². The summed E-state index contributed by atoms with van der Waals surface area (Å²) in [6, 6.07) is 6.91. The molecule has 0 N–H and O–H groups in total. The number of benzene rings is 1. The number of imide groups is 1. The molecular weight excluding hydrogens is 282 g/mol. The maximum atomic E-state index is 12.1. The number of thioether (sulfide) groups is 1. The van der Waals surface area contributed by atoms with Gasteiger partial charge in [0.25, 0.3) is 11.8 Å². The van der Waals surface area contributed by atoms with Gasteiger partial charge in [-0.2, -0.15) is 0 Å². The highest BCUT2D eigenvalue weighted by atomic mass is 32.2. The molecule has 0 aliphatic carbocycles. The first-order chi connectivity index (χ1) is 10.3. The summed E-state index contributed by atoms with van der Waals surface area (Å²) in [7, 11) is 0. The van der Waals surface area contributed by atoms with E-state index in [0.29, 0.717) is 11.1 Å². The van der Waals surface area contributed by atoms with E-state index in [1.165, 1.54) is 24.2 Å². The van der Waals surface area contributed by atoms with E-state index in [-0.39, 0.29) is 18.4 Å². The minimum Gasteiger partial charge on any atom is -0.269 e. The lowest BCUT2D eigenvalue weighted by Gasteiger charge is -2.08. The van der Waals surface area contributed by atoms with E-state index < -0.39 is 0 Å². The van der Waals surface area contributed by atoms with Crippen LogP contribution in [-0.4, -0.2) is 34.8 Å². The predicted molar refractivity (Wildman–Crippen MR) is 86.4 cm³/mol. The fourth-order valence-electron chi connectivity index (χ4n) is 2.15. The van der Waals surface area contributed by atoms with Gasteiger partial charge in [0.15, 0.2) is 0 Å². The molecule has 0 spiro atoms. The van der Waals surface area contributed by atoms with Gasteiger partial charge < -0.3 is 0 Å². The molecule has 1 aliphatic rings. The molecule has 1 aromatic carbocycles. The molecule has 110 valence electrons. The van der Waals surface area contributed by atoms with Gasteiger partial charge in [0, 0.05) is 0 Å². The molecule has 1 heterocycles. The van der Waals surface area contributed by atoms with Crippen LogP contribution in [0.3, 0.4) is 0 Å². The van der Waals surface area contributed by atoms with E-state index in [0.717, 1.165) is 11.5 Å². The highest BCUT2D eigenvalue weighted by Gasteiger charge is 2.34. The molecule has 0 aromatic heterocycles. The summed E-state index contributed by atoms with van der Waals surface area (Å²) >= 11 is 1.80. The van der Waals surface area contributed by atoms with Crippen LogP contribution in [0.25, 0.3) is 0 Å². The molecule has 0 unspecified atom stereocenters. The van der Waals surface area contributed by atoms with E-state index in [1.54, 1.807) is 36.0 Å². The minimum atomic E-state index is -0.236. The third-order valence-corrected chi connectivity index (χ3v) is 4.23. The smallest absolute Gasteiger partial charge is 0.262 e. The lowest BCUT2D eigenvalue weighted by atomic mass is 10.1. The van der Waals surface area contributed by atoms with Gasteiger partial charge in [0.1, 0.15) is 0 Å². The van der Waals surface area contributed by atoms with Gasteiger partial charge in [-0.15, -0.1) is 11.8 Å². The fourth-order valence-corrected chi connectivity index (χ4v) is 2.90. The summed E-state index contributed by atoms with van der Waals surface area (Å²) in [5.74, 6) is 7.36. The normalized spacial score (nSPS) is 13.1. The Labute approximate surface area is 130 Å². The third kappa shape index (κ3) is 3.89. The first kappa shape index (κ1) is 15.7. The second kappa shape index (κ2) is 7.90. The van der Waals surface area contributed by atoms with Crippen LogP contribution in [0, 0.1) is 11.8 Å². The van der Waals surface area contributed by atoms with Crippen molar-refractivity contribution in [3.63, 3.8) is 0 Å². The van der Waals surface area contributed by atoms with Crippen molar-refractivity contribution in [3.05, 3.63) is 35.4 Å². The third-order valence-electron chi connectivity index (χ3n) is 3.31. The summed E-state index contributed by atoms with van der Waals surface area (Å²) in [5.41, 5.74) is 0.969. The predicted octanol–water partition coefficient (Wildman–Crippen LogP) is 3.21. The first-order valence-corrected chi connectivity index (χ1v) is 8.40. The molecular formula is C17H19NO2S. The van der Waals surface area contributed by atoms with E-state index >= 15 is 0 Å². The number of carbonyl (C=O) groups is 2. The van der Waals surface area contributed by atoms with Gasteiger partial charge >= 0.3 is 0 Å². The molecule has 0 saturated heterocycles. The minimum absolute atomic E-state index is 0.182. The standard InChI is InChI=1S/C17H19NO2S/c1-2-3-7-12-21-13-8-6-11-18-16(19)14-9-4-5-10-15(14)17(18)20/h4-5,9-10H,2-3,7,11-13H2,1H3. The van der Waals surface area contributed by atoms with Crippen LogP contribution in [0.5, 0.6) is 0 Å². The zero-order chi connectivity index (χ0) is 15.1. The van der Waals surface area contributed by atoms with Gasteiger partial charge in [0.05, 0.1) is 23.4 Å².